The highest BCUT2D eigenvalue weighted by Crippen LogP contribution is 2.46. The van der Waals surface area contributed by atoms with Gasteiger partial charge in [-0.25, -0.2) is 0 Å². The summed E-state index contributed by atoms with van der Waals surface area (Å²) in [6, 6.07) is 13.5. The van der Waals surface area contributed by atoms with Gasteiger partial charge in [-0.2, -0.15) is 0 Å². The van der Waals surface area contributed by atoms with E-state index < -0.39 is 5.91 Å². The van der Waals surface area contributed by atoms with Gasteiger partial charge in [-0.1, -0.05) is 84.6 Å². The van der Waals surface area contributed by atoms with Crippen molar-refractivity contribution in [1.29, 1.82) is 0 Å². The number of para-hydroxylation sites is 1. The third-order valence-electron chi connectivity index (χ3n) is 7.23. The van der Waals surface area contributed by atoms with E-state index in [0.717, 1.165) is 53.5 Å². The van der Waals surface area contributed by atoms with E-state index in [2.05, 4.69) is 36.6 Å². The molecule has 0 aliphatic carbocycles. The van der Waals surface area contributed by atoms with E-state index in [-0.39, 0.29) is 18.0 Å². The largest absolute Gasteiger partial charge is 0.331 e. The first-order chi connectivity index (χ1) is 18.0. The second-order valence-electron chi connectivity index (χ2n) is 9.49. The van der Waals surface area contributed by atoms with Crippen molar-refractivity contribution < 1.29 is 9.59 Å². The smallest absolute Gasteiger partial charge is 0.316 e. The molecule has 2 heterocycles. The molecule has 0 saturated heterocycles. The monoisotopic (exact) mass is 503 g/mol. The molecule has 0 N–H and O–H groups in total. The third kappa shape index (κ3) is 5.68. The minimum Gasteiger partial charge on any atom is -0.331 e. The average Bonchev–Trinajstić information content (AvgIpc) is 3.18. The number of hydrogen-bond acceptors (Lipinski definition) is 3. The molecule has 0 spiro atoms. The summed E-state index contributed by atoms with van der Waals surface area (Å²) in [6.45, 7) is 11.4. The predicted molar refractivity (Wildman–Crippen MR) is 153 cm³/mol. The number of nitrogens with zero attached hydrogens (tertiary/aromatic N) is 3. The summed E-state index contributed by atoms with van der Waals surface area (Å²) in [4.78, 5) is 38.5. The van der Waals surface area contributed by atoms with Gasteiger partial charge in [0, 0.05) is 28.2 Å². The van der Waals surface area contributed by atoms with Crippen molar-refractivity contribution in [2.45, 2.75) is 92.0 Å². The Morgan fingerprint density at radius 1 is 1.00 bits per heavy atom. The SMILES string of the molecule is CC.CCCCCCC(CC)c1c2n(c3cc(C(=O)N=O)ccc13)CC(=O)N(CCC)c1ccccc1-2. The van der Waals surface area contributed by atoms with Crippen LogP contribution in [0, 0.1) is 4.91 Å². The minimum absolute atomic E-state index is 0.0303. The van der Waals surface area contributed by atoms with Gasteiger partial charge in [-0.3, -0.25) is 9.59 Å². The number of amides is 2. The molecule has 1 aliphatic rings. The standard InChI is InChI=1S/C29H35N3O3.C2H6/c1-4-7-8-9-12-20(6-3)27-22-16-15-21(29(34)30-35)18-25(22)32-19-26(33)31(17-5-2)24-14-11-10-13-23(24)28(27)32;1-2/h10-11,13-16,18,20H,4-9,12,17,19H2,1-3H3;1-2H3. The Bertz CT molecular complexity index is 1240. The summed E-state index contributed by atoms with van der Waals surface area (Å²) in [5, 5.41) is 3.68. The molecule has 0 radical (unpaired) electrons. The average molecular weight is 504 g/mol. The lowest BCUT2D eigenvalue weighted by Crippen LogP contribution is -2.33. The summed E-state index contributed by atoms with van der Waals surface area (Å²) in [5.74, 6) is -0.427. The highest BCUT2D eigenvalue weighted by molar-refractivity contribution is 6.06. The van der Waals surface area contributed by atoms with Crippen LogP contribution >= 0.6 is 0 Å². The van der Waals surface area contributed by atoms with Gasteiger partial charge in [0.2, 0.25) is 5.91 Å². The summed E-state index contributed by atoms with van der Waals surface area (Å²) >= 11 is 0. The van der Waals surface area contributed by atoms with Crippen LogP contribution in [0.15, 0.2) is 47.6 Å². The maximum atomic E-state index is 13.5. The first kappa shape index (κ1) is 28.3. The van der Waals surface area contributed by atoms with E-state index in [1.165, 1.54) is 24.8 Å². The Morgan fingerprint density at radius 2 is 1.76 bits per heavy atom. The lowest BCUT2D eigenvalue weighted by molar-refractivity contribution is -0.119. The molecular weight excluding hydrogens is 462 g/mol. The summed E-state index contributed by atoms with van der Waals surface area (Å²) in [6.07, 6.45) is 7.74. The van der Waals surface area contributed by atoms with Crippen molar-refractivity contribution in [3.63, 3.8) is 0 Å². The van der Waals surface area contributed by atoms with E-state index >= 15 is 0 Å². The molecule has 3 aromatic rings. The van der Waals surface area contributed by atoms with Crippen LogP contribution in [0.4, 0.5) is 5.69 Å². The Balaban J connectivity index is 0.00000186. The van der Waals surface area contributed by atoms with E-state index in [1.807, 2.05) is 43.0 Å². The molecule has 2 amide bonds. The molecule has 0 bridgehead atoms. The molecule has 1 aromatic heterocycles. The number of hydrogen-bond donors (Lipinski definition) is 0. The molecule has 1 unspecified atom stereocenters. The summed E-state index contributed by atoms with van der Waals surface area (Å²) < 4.78 is 2.07. The summed E-state index contributed by atoms with van der Waals surface area (Å²) in [7, 11) is 0. The van der Waals surface area contributed by atoms with Crippen molar-refractivity contribution in [3.05, 3.63) is 58.5 Å². The zero-order valence-corrected chi connectivity index (χ0v) is 23.0. The molecule has 1 atom stereocenters. The maximum Gasteiger partial charge on any atom is 0.316 e. The van der Waals surface area contributed by atoms with Gasteiger partial charge in [0.25, 0.3) is 0 Å². The minimum atomic E-state index is -0.788. The second-order valence-corrected chi connectivity index (χ2v) is 9.49. The van der Waals surface area contributed by atoms with E-state index in [9.17, 15) is 14.5 Å². The number of aromatic nitrogens is 1. The Morgan fingerprint density at radius 3 is 2.43 bits per heavy atom. The fraction of sp³-hybridized carbons (Fsp3) is 0.484. The number of rotatable bonds is 10. The van der Waals surface area contributed by atoms with Crippen LogP contribution in [-0.2, 0) is 11.3 Å². The van der Waals surface area contributed by atoms with Gasteiger partial charge in [0.1, 0.15) is 6.54 Å². The van der Waals surface area contributed by atoms with E-state index in [0.29, 0.717) is 12.5 Å². The number of unbranched alkanes of at least 4 members (excludes halogenated alkanes) is 3. The highest BCUT2D eigenvalue weighted by Gasteiger charge is 2.32. The second kappa shape index (κ2) is 13.3. The Labute approximate surface area is 221 Å². The van der Waals surface area contributed by atoms with Gasteiger partial charge >= 0.3 is 5.91 Å². The van der Waals surface area contributed by atoms with Crippen molar-refractivity contribution >= 4 is 28.4 Å². The summed E-state index contributed by atoms with van der Waals surface area (Å²) in [5.41, 5.74) is 5.37. The van der Waals surface area contributed by atoms with Crippen molar-refractivity contribution in [2.75, 3.05) is 11.4 Å². The van der Waals surface area contributed by atoms with Crippen LogP contribution in [0.3, 0.4) is 0 Å². The van der Waals surface area contributed by atoms with Gasteiger partial charge in [0.05, 0.1) is 16.9 Å². The molecule has 4 rings (SSSR count). The molecule has 1 aliphatic heterocycles. The van der Waals surface area contributed by atoms with E-state index in [4.69, 9.17) is 0 Å². The molecule has 6 heteroatoms. The fourth-order valence-electron chi connectivity index (χ4n) is 5.53. The normalized spacial score (nSPS) is 13.3. The fourth-order valence-corrected chi connectivity index (χ4v) is 5.53. The van der Waals surface area contributed by atoms with Gasteiger partial charge in [-0.05, 0) is 48.9 Å². The van der Waals surface area contributed by atoms with Crippen molar-refractivity contribution in [2.24, 2.45) is 5.18 Å². The molecule has 2 aromatic carbocycles. The molecule has 37 heavy (non-hydrogen) atoms. The first-order valence-electron chi connectivity index (χ1n) is 14.0. The first-order valence-corrected chi connectivity index (χ1v) is 14.0. The third-order valence-corrected chi connectivity index (χ3v) is 7.23. The molecule has 0 fully saturated rings. The lowest BCUT2D eigenvalue weighted by atomic mass is 9.86. The van der Waals surface area contributed by atoms with Crippen LogP contribution in [0.2, 0.25) is 0 Å². The Kier molecular flexibility index (Phi) is 10.2. The van der Waals surface area contributed by atoms with Crippen molar-refractivity contribution in [1.82, 2.24) is 4.57 Å². The number of fused-ring (bicyclic) bond motifs is 5. The highest BCUT2D eigenvalue weighted by atomic mass is 16.3. The predicted octanol–water partition coefficient (Wildman–Crippen LogP) is 8.46. The molecule has 6 nitrogen and oxygen atoms in total. The van der Waals surface area contributed by atoms with Gasteiger partial charge < -0.3 is 9.47 Å². The van der Waals surface area contributed by atoms with Crippen molar-refractivity contribution in [3.8, 4) is 11.3 Å². The maximum absolute atomic E-state index is 13.5. The van der Waals surface area contributed by atoms with Crippen LogP contribution in [0.1, 0.15) is 101 Å². The number of nitroso groups, excluding NO2 is 1. The topological polar surface area (TPSA) is 71.7 Å². The van der Waals surface area contributed by atoms with Crippen LogP contribution in [-0.4, -0.2) is 22.9 Å². The van der Waals surface area contributed by atoms with Gasteiger partial charge in [-0.15, -0.1) is 4.91 Å². The van der Waals surface area contributed by atoms with Gasteiger partial charge in [0.15, 0.2) is 0 Å². The molecular formula is C31H41N3O3. The quantitative estimate of drug-likeness (QED) is 0.206. The molecule has 198 valence electrons. The van der Waals surface area contributed by atoms with Crippen LogP contribution < -0.4 is 4.90 Å². The lowest BCUT2D eigenvalue weighted by Gasteiger charge is -2.23. The molecule has 0 saturated carbocycles. The van der Waals surface area contributed by atoms with Crippen LogP contribution in [0.25, 0.3) is 22.2 Å². The zero-order valence-electron chi connectivity index (χ0n) is 23.0. The van der Waals surface area contributed by atoms with Crippen LogP contribution in [0.5, 0.6) is 0 Å². The Hall–Kier alpha value is -3.28. The van der Waals surface area contributed by atoms with E-state index in [1.54, 1.807) is 12.1 Å². The number of benzene rings is 2. The number of carbonyl (C=O) groups is 2. The zero-order chi connectivity index (χ0) is 26.9. The number of carbonyl (C=O) groups excluding carboxylic acids is 2. The number of anilines is 1.